The van der Waals surface area contributed by atoms with E-state index in [1.54, 1.807) is 38.1 Å². The summed E-state index contributed by atoms with van der Waals surface area (Å²) in [7, 11) is -3.52. The zero-order chi connectivity index (χ0) is 36.4. The molecule has 17 heteroatoms. The van der Waals surface area contributed by atoms with Gasteiger partial charge in [-0.1, -0.05) is 53.2 Å². The largest absolute Gasteiger partial charge is 0.384 e. The van der Waals surface area contributed by atoms with Crippen LogP contribution in [-0.4, -0.2) is 98.5 Å². The normalized spacial score (nSPS) is 22.8. The lowest BCUT2D eigenvalue weighted by Crippen LogP contribution is -2.64. The van der Waals surface area contributed by atoms with Gasteiger partial charge in [-0.3, -0.25) is 24.0 Å². The van der Waals surface area contributed by atoms with Crippen LogP contribution in [0.2, 0.25) is 0 Å². The Hall–Kier alpha value is -3.70. The fourth-order valence-corrected chi connectivity index (χ4v) is 9.09. The number of halogens is 1. The number of Topliss-reactive ketones (excluding diaryl/α,β-unsaturated/α-hetero) is 1. The molecular weight excluding hydrogens is 734 g/mol. The number of carbonyl (C=O) groups is 5. The predicted octanol–water partition coefficient (Wildman–Crippen LogP) is 1.30. The lowest BCUT2D eigenvalue weighted by Gasteiger charge is -2.37. The van der Waals surface area contributed by atoms with Crippen LogP contribution < -0.4 is 16.4 Å². The lowest BCUT2D eigenvalue weighted by molar-refractivity contribution is -0.145. The van der Waals surface area contributed by atoms with Gasteiger partial charge in [0.05, 0.1) is 29.4 Å². The molecule has 15 nitrogen and oxygen atoms in total. The number of amides is 4. The molecule has 2 saturated heterocycles. The average Bonchev–Trinajstić information content (AvgIpc) is 3.74. The van der Waals surface area contributed by atoms with Crippen molar-refractivity contribution in [2.75, 3.05) is 18.1 Å². The van der Waals surface area contributed by atoms with Crippen LogP contribution in [0.15, 0.2) is 34.9 Å². The second-order valence-electron chi connectivity index (χ2n) is 14.2. The fourth-order valence-electron chi connectivity index (χ4n) is 7.31. The molecule has 272 valence electrons. The number of aliphatic hydroxyl groups is 1. The third-order valence-electron chi connectivity index (χ3n) is 10.1. The highest BCUT2D eigenvalue weighted by atomic mass is 79.9. The summed E-state index contributed by atoms with van der Waals surface area (Å²) in [6, 6.07) is 3.82. The number of rotatable bonds is 11. The van der Waals surface area contributed by atoms with Crippen LogP contribution in [0, 0.1) is 5.92 Å². The maximum absolute atomic E-state index is 14.7. The van der Waals surface area contributed by atoms with Gasteiger partial charge < -0.3 is 26.4 Å². The Kier molecular flexibility index (Phi) is 11.2. The number of hydrogen-bond donors (Lipinski definition) is 4. The quantitative estimate of drug-likeness (QED) is 0.239. The number of primary amides is 1. The zero-order valence-corrected chi connectivity index (χ0v) is 30.5. The topological polar surface area (TPSA) is 224 Å². The van der Waals surface area contributed by atoms with Crippen LogP contribution in [0.3, 0.4) is 0 Å². The standard InChI is InChI=1S/C33H44BrN7O8S/c1-32(2,47)26-18-36-39-41(26)23-17-25(30(45)38-33(27(42)28(35)43)12-14-50(48,49)15-13-33)40(19-23)31(46)24(16-20-6-4-3-5-7-20)37-29(44)21-8-10-22(34)11-9-21/h8-11,18,20,23-25,47H,3-7,12-17,19H2,1-2H3,(H2,35,43)(H,37,44)(H,38,45)/t23?,24-,25?/m1/s1. The Balaban J connectivity index is 1.49. The van der Waals surface area contributed by atoms with Gasteiger partial charge in [-0.15, -0.1) is 5.10 Å². The van der Waals surface area contributed by atoms with Gasteiger partial charge in [0.15, 0.2) is 9.84 Å². The number of ketones is 1. The third kappa shape index (κ3) is 8.42. The highest BCUT2D eigenvalue weighted by Crippen LogP contribution is 2.34. The van der Waals surface area contributed by atoms with Gasteiger partial charge in [-0.2, -0.15) is 0 Å². The van der Waals surface area contributed by atoms with Crippen molar-refractivity contribution in [1.82, 2.24) is 30.5 Å². The first-order chi connectivity index (χ1) is 23.5. The van der Waals surface area contributed by atoms with E-state index in [9.17, 15) is 37.5 Å². The van der Waals surface area contributed by atoms with Crippen LogP contribution in [-0.2, 0) is 34.6 Å². The van der Waals surface area contributed by atoms with E-state index in [1.165, 1.54) is 15.8 Å². The van der Waals surface area contributed by atoms with Crippen LogP contribution >= 0.6 is 15.9 Å². The molecule has 1 saturated carbocycles. The highest BCUT2D eigenvalue weighted by Gasteiger charge is 2.50. The average molecular weight is 779 g/mol. The van der Waals surface area contributed by atoms with Crippen LogP contribution in [0.5, 0.6) is 0 Å². The van der Waals surface area contributed by atoms with Crippen molar-refractivity contribution in [3.05, 3.63) is 46.2 Å². The van der Waals surface area contributed by atoms with E-state index >= 15 is 0 Å². The summed E-state index contributed by atoms with van der Waals surface area (Å²) in [5.74, 6) is -4.92. The molecule has 2 unspecified atom stereocenters. The third-order valence-corrected chi connectivity index (χ3v) is 12.3. The Morgan fingerprint density at radius 3 is 2.32 bits per heavy atom. The second-order valence-corrected chi connectivity index (χ2v) is 17.4. The zero-order valence-electron chi connectivity index (χ0n) is 28.1. The second kappa shape index (κ2) is 14.9. The summed E-state index contributed by atoms with van der Waals surface area (Å²) in [5.41, 5.74) is 2.81. The first-order valence-electron chi connectivity index (χ1n) is 16.9. The molecule has 1 aliphatic carbocycles. The number of benzene rings is 1. The number of sulfone groups is 1. The Morgan fingerprint density at radius 1 is 1.08 bits per heavy atom. The molecule has 50 heavy (non-hydrogen) atoms. The van der Waals surface area contributed by atoms with Crippen molar-refractivity contribution >= 4 is 55.2 Å². The molecule has 2 aromatic rings. The molecule has 0 radical (unpaired) electrons. The number of nitrogens with one attached hydrogen (secondary N) is 2. The molecule has 5 rings (SSSR count). The van der Waals surface area contributed by atoms with Crippen molar-refractivity contribution in [2.24, 2.45) is 11.7 Å². The maximum Gasteiger partial charge on any atom is 0.287 e. The van der Waals surface area contributed by atoms with Gasteiger partial charge in [-0.25, -0.2) is 13.1 Å². The van der Waals surface area contributed by atoms with E-state index in [0.717, 1.165) is 36.6 Å². The summed E-state index contributed by atoms with van der Waals surface area (Å²) >= 11 is 3.37. The predicted molar refractivity (Wildman–Crippen MR) is 184 cm³/mol. The molecule has 2 aliphatic heterocycles. The molecule has 4 amide bonds. The highest BCUT2D eigenvalue weighted by molar-refractivity contribution is 9.10. The number of hydrogen-bond acceptors (Lipinski definition) is 10. The van der Waals surface area contributed by atoms with Gasteiger partial charge >= 0.3 is 0 Å². The molecule has 3 aliphatic rings. The van der Waals surface area contributed by atoms with Gasteiger partial charge in [0.25, 0.3) is 11.8 Å². The van der Waals surface area contributed by atoms with E-state index in [0.29, 0.717) is 17.7 Å². The number of aromatic nitrogens is 3. The van der Waals surface area contributed by atoms with Crippen molar-refractivity contribution in [3.63, 3.8) is 0 Å². The molecule has 5 N–H and O–H groups in total. The lowest BCUT2D eigenvalue weighted by atomic mass is 9.84. The van der Waals surface area contributed by atoms with Gasteiger partial charge in [0.1, 0.15) is 23.2 Å². The fraction of sp³-hybridized carbons (Fsp3) is 0.606. The first-order valence-corrected chi connectivity index (χ1v) is 19.5. The van der Waals surface area contributed by atoms with Crippen LogP contribution in [0.25, 0.3) is 0 Å². The molecule has 3 heterocycles. The summed E-state index contributed by atoms with van der Waals surface area (Å²) < 4.78 is 26.8. The summed E-state index contributed by atoms with van der Waals surface area (Å²) in [6.07, 6.45) is 5.88. The van der Waals surface area contributed by atoms with Gasteiger partial charge in [-0.05, 0) is 63.3 Å². The van der Waals surface area contributed by atoms with Crippen LogP contribution in [0.1, 0.15) is 93.7 Å². The molecule has 0 bridgehead atoms. The SMILES string of the molecule is CC(C)(O)c1cnnn1C1CC(C(=O)NC2(C(=O)C(N)=O)CCS(=O)(=O)CC2)N(C(=O)[C@@H](CC2CCCCC2)NC(=O)c2ccc(Br)cc2)C1. The molecular formula is C33H44BrN7O8S. The van der Waals surface area contributed by atoms with Crippen molar-refractivity contribution in [1.29, 1.82) is 0 Å². The number of nitrogens with two attached hydrogens (primary N) is 1. The molecule has 1 aromatic carbocycles. The maximum atomic E-state index is 14.7. The summed E-state index contributed by atoms with van der Waals surface area (Å²) in [5, 5.41) is 24.5. The monoisotopic (exact) mass is 777 g/mol. The Labute approximate surface area is 299 Å². The first kappa shape index (κ1) is 37.6. The van der Waals surface area contributed by atoms with Crippen LogP contribution in [0.4, 0.5) is 0 Å². The van der Waals surface area contributed by atoms with E-state index in [4.69, 9.17) is 5.73 Å². The van der Waals surface area contributed by atoms with Gasteiger partial charge in [0.2, 0.25) is 17.6 Å². The van der Waals surface area contributed by atoms with E-state index < -0.39 is 80.0 Å². The Bertz CT molecular complexity index is 1720. The molecule has 1 aromatic heterocycles. The number of carbonyl (C=O) groups excluding carboxylic acids is 5. The molecule has 3 fully saturated rings. The van der Waals surface area contributed by atoms with Crippen molar-refractivity contribution < 1.29 is 37.5 Å². The number of nitrogens with zero attached hydrogens (tertiary/aromatic N) is 4. The smallest absolute Gasteiger partial charge is 0.287 e. The van der Waals surface area contributed by atoms with E-state index in [1.807, 2.05) is 0 Å². The van der Waals surface area contributed by atoms with Crippen molar-refractivity contribution in [3.8, 4) is 0 Å². The summed E-state index contributed by atoms with van der Waals surface area (Å²) in [4.78, 5) is 69.0. The summed E-state index contributed by atoms with van der Waals surface area (Å²) in [6.45, 7) is 3.06. The van der Waals surface area contributed by atoms with E-state index in [-0.39, 0.29) is 31.7 Å². The number of likely N-dealkylation sites (tertiary alicyclic amines) is 1. The molecule has 0 spiro atoms. The van der Waals surface area contributed by atoms with Gasteiger partial charge in [0, 0.05) is 23.0 Å². The minimum absolute atomic E-state index is 0.0139. The van der Waals surface area contributed by atoms with E-state index in [2.05, 4.69) is 36.9 Å². The molecule has 3 atom stereocenters. The minimum atomic E-state index is -3.52. The van der Waals surface area contributed by atoms with Crippen molar-refractivity contribution in [2.45, 2.75) is 101 Å². The Morgan fingerprint density at radius 2 is 1.72 bits per heavy atom. The minimum Gasteiger partial charge on any atom is -0.384 e.